The van der Waals surface area contributed by atoms with Gasteiger partial charge in [0.1, 0.15) is 17.1 Å². The van der Waals surface area contributed by atoms with E-state index in [1.165, 1.54) is 13.2 Å². The first-order chi connectivity index (χ1) is 8.37. The molecule has 0 saturated heterocycles. The fraction of sp³-hybridized carbons (Fsp3) is 0.364. The molecular formula is C11H11F3O4. The third-order valence-corrected chi connectivity index (χ3v) is 1.91. The Bertz CT molecular complexity index is 429. The molecule has 1 rings (SSSR count). The Morgan fingerprint density at radius 3 is 2.50 bits per heavy atom. The number of halogens is 3. The number of hydrogen-bond acceptors (Lipinski definition) is 4. The van der Waals surface area contributed by atoms with Crippen molar-refractivity contribution in [3.05, 3.63) is 23.8 Å². The largest absolute Gasteiger partial charge is 0.573 e. The molecule has 0 spiro atoms. The lowest BCUT2D eigenvalue weighted by Gasteiger charge is -2.13. The van der Waals surface area contributed by atoms with E-state index >= 15 is 0 Å². The second-order valence-electron chi connectivity index (χ2n) is 3.13. The molecule has 0 amide bonds. The molecule has 7 heteroatoms. The summed E-state index contributed by atoms with van der Waals surface area (Å²) in [4.78, 5) is 11.5. The highest BCUT2D eigenvalue weighted by atomic mass is 19.4. The first-order valence-corrected chi connectivity index (χ1v) is 4.98. The predicted molar refractivity (Wildman–Crippen MR) is 55.6 cm³/mol. The van der Waals surface area contributed by atoms with E-state index in [2.05, 4.69) is 9.47 Å². The fourth-order valence-electron chi connectivity index (χ4n) is 1.22. The van der Waals surface area contributed by atoms with Crippen molar-refractivity contribution in [2.75, 3.05) is 13.7 Å². The van der Waals surface area contributed by atoms with Gasteiger partial charge in [0.25, 0.3) is 0 Å². The first-order valence-electron chi connectivity index (χ1n) is 4.98. The van der Waals surface area contributed by atoms with Crippen LogP contribution in [0.15, 0.2) is 18.2 Å². The van der Waals surface area contributed by atoms with Gasteiger partial charge in [0.15, 0.2) is 0 Å². The number of carbonyl (C=O) groups is 1. The Morgan fingerprint density at radius 2 is 2.00 bits per heavy atom. The summed E-state index contributed by atoms with van der Waals surface area (Å²) in [5.41, 5.74) is -0.339. The number of hydrogen-bond donors (Lipinski definition) is 0. The van der Waals surface area contributed by atoms with Crippen LogP contribution >= 0.6 is 0 Å². The number of alkyl halides is 3. The van der Waals surface area contributed by atoms with E-state index in [4.69, 9.17) is 4.74 Å². The maximum atomic E-state index is 12.1. The summed E-state index contributed by atoms with van der Waals surface area (Å²) >= 11 is 0. The minimum Gasteiger partial charge on any atom is -0.497 e. The highest BCUT2D eigenvalue weighted by Gasteiger charge is 2.33. The van der Waals surface area contributed by atoms with Gasteiger partial charge >= 0.3 is 12.3 Å². The third kappa shape index (κ3) is 3.83. The molecular weight excluding hydrogens is 253 g/mol. The van der Waals surface area contributed by atoms with Crippen molar-refractivity contribution in [2.45, 2.75) is 13.3 Å². The van der Waals surface area contributed by atoms with Crippen LogP contribution in [0.1, 0.15) is 17.3 Å². The van der Waals surface area contributed by atoms with E-state index in [1.807, 2.05) is 0 Å². The lowest BCUT2D eigenvalue weighted by atomic mass is 10.2. The van der Waals surface area contributed by atoms with Crippen LogP contribution < -0.4 is 9.47 Å². The normalized spacial score (nSPS) is 10.9. The number of methoxy groups -OCH3 is 1. The van der Waals surface area contributed by atoms with Gasteiger partial charge in [0.05, 0.1) is 13.7 Å². The number of ether oxygens (including phenoxy) is 3. The Morgan fingerprint density at radius 1 is 1.33 bits per heavy atom. The zero-order valence-electron chi connectivity index (χ0n) is 9.71. The van der Waals surface area contributed by atoms with Gasteiger partial charge in [0.2, 0.25) is 0 Å². The molecule has 0 heterocycles. The Balaban J connectivity index is 3.12. The fourth-order valence-corrected chi connectivity index (χ4v) is 1.22. The lowest BCUT2D eigenvalue weighted by Crippen LogP contribution is -2.19. The smallest absolute Gasteiger partial charge is 0.497 e. The third-order valence-electron chi connectivity index (χ3n) is 1.91. The van der Waals surface area contributed by atoms with E-state index < -0.39 is 18.1 Å². The summed E-state index contributed by atoms with van der Waals surface area (Å²) in [6, 6.07) is 3.38. The van der Waals surface area contributed by atoms with Gasteiger partial charge in [-0.2, -0.15) is 0 Å². The minimum absolute atomic E-state index is 0.0432. The summed E-state index contributed by atoms with van der Waals surface area (Å²) in [7, 11) is 1.33. The van der Waals surface area contributed by atoms with Crippen molar-refractivity contribution in [3.8, 4) is 11.5 Å². The second-order valence-corrected chi connectivity index (χ2v) is 3.13. The maximum Gasteiger partial charge on any atom is 0.573 e. The van der Waals surface area contributed by atoms with Crippen molar-refractivity contribution >= 4 is 5.97 Å². The maximum absolute atomic E-state index is 12.1. The van der Waals surface area contributed by atoms with Crippen molar-refractivity contribution in [1.29, 1.82) is 0 Å². The Hall–Kier alpha value is -1.92. The SMILES string of the molecule is CCOC(=O)c1cc(OC)ccc1OC(F)(F)F. The van der Waals surface area contributed by atoms with Crippen LogP contribution in [0.25, 0.3) is 0 Å². The topological polar surface area (TPSA) is 44.8 Å². The zero-order chi connectivity index (χ0) is 13.8. The zero-order valence-corrected chi connectivity index (χ0v) is 9.71. The average molecular weight is 264 g/mol. The monoisotopic (exact) mass is 264 g/mol. The number of rotatable bonds is 4. The van der Waals surface area contributed by atoms with Crippen LogP contribution in [-0.2, 0) is 4.74 Å². The molecule has 0 N–H and O–H groups in total. The van der Waals surface area contributed by atoms with Crippen molar-refractivity contribution in [1.82, 2.24) is 0 Å². The Labute approximate surface area is 101 Å². The summed E-state index contributed by atoms with van der Waals surface area (Å²) in [5.74, 6) is -1.30. The predicted octanol–water partition coefficient (Wildman–Crippen LogP) is 2.77. The minimum atomic E-state index is -4.88. The molecule has 100 valence electrons. The van der Waals surface area contributed by atoms with Gasteiger partial charge in [-0.25, -0.2) is 4.79 Å². The number of benzene rings is 1. The standard InChI is InChI=1S/C11H11F3O4/c1-3-17-10(15)8-6-7(16-2)4-5-9(8)18-11(12,13)14/h4-6H,3H2,1-2H3. The average Bonchev–Trinajstić information content (AvgIpc) is 2.27. The van der Waals surface area contributed by atoms with Crippen LogP contribution in [0.2, 0.25) is 0 Å². The van der Waals surface area contributed by atoms with Crippen LogP contribution in [0.3, 0.4) is 0 Å². The molecule has 0 aliphatic carbocycles. The van der Waals surface area contributed by atoms with Crippen molar-refractivity contribution < 1.29 is 32.2 Å². The molecule has 0 aromatic heterocycles. The molecule has 0 aliphatic rings. The molecule has 1 aromatic rings. The van der Waals surface area contributed by atoms with Crippen LogP contribution in [0.5, 0.6) is 11.5 Å². The summed E-state index contributed by atoms with van der Waals surface area (Å²) in [6.45, 7) is 1.59. The van der Waals surface area contributed by atoms with Gasteiger partial charge in [-0.15, -0.1) is 13.2 Å². The van der Waals surface area contributed by atoms with Crippen molar-refractivity contribution in [2.24, 2.45) is 0 Å². The van der Waals surface area contributed by atoms with Gasteiger partial charge in [-0.05, 0) is 25.1 Å². The molecule has 0 bridgehead atoms. The highest BCUT2D eigenvalue weighted by Crippen LogP contribution is 2.29. The molecule has 0 saturated carbocycles. The van der Waals surface area contributed by atoms with Crippen LogP contribution in [-0.4, -0.2) is 26.0 Å². The molecule has 0 atom stereocenters. The van der Waals surface area contributed by atoms with E-state index in [-0.39, 0.29) is 17.9 Å². The summed E-state index contributed by atoms with van der Waals surface area (Å²) < 4.78 is 49.7. The second kappa shape index (κ2) is 5.61. The van der Waals surface area contributed by atoms with E-state index in [9.17, 15) is 18.0 Å². The highest BCUT2D eigenvalue weighted by molar-refractivity contribution is 5.93. The van der Waals surface area contributed by atoms with Gasteiger partial charge < -0.3 is 14.2 Å². The van der Waals surface area contributed by atoms with Crippen LogP contribution in [0.4, 0.5) is 13.2 Å². The van der Waals surface area contributed by atoms with Crippen LogP contribution in [0, 0.1) is 0 Å². The molecule has 1 aromatic carbocycles. The summed E-state index contributed by atoms with van der Waals surface area (Å²) in [5, 5.41) is 0. The number of esters is 1. The summed E-state index contributed by atoms with van der Waals surface area (Å²) in [6.07, 6.45) is -4.88. The molecule has 0 unspecified atom stereocenters. The Kier molecular flexibility index (Phi) is 4.41. The molecule has 0 radical (unpaired) electrons. The first kappa shape index (κ1) is 14.1. The molecule has 0 aliphatic heterocycles. The lowest BCUT2D eigenvalue weighted by molar-refractivity contribution is -0.274. The van der Waals surface area contributed by atoms with E-state index in [0.717, 1.165) is 12.1 Å². The van der Waals surface area contributed by atoms with Gasteiger partial charge in [-0.1, -0.05) is 0 Å². The van der Waals surface area contributed by atoms with Gasteiger partial charge in [0, 0.05) is 0 Å². The molecule has 4 nitrogen and oxygen atoms in total. The van der Waals surface area contributed by atoms with E-state index in [0.29, 0.717) is 0 Å². The number of carbonyl (C=O) groups excluding carboxylic acids is 1. The quantitative estimate of drug-likeness (QED) is 0.784. The van der Waals surface area contributed by atoms with Crippen molar-refractivity contribution in [3.63, 3.8) is 0 Å². The molecule has 18 heavy (non-hydrogen) atoms. The van der Waals surface area contributed by atoms with Gasteiger partial charge in [-0.3, -0.25) is 0 Å². The molecule has 0 fully saturated rings. The van der Waals surface area contributed by atoms with E-state index in [1.54, 1.807) is 6.92 Å².